The molecule has 1 saturated heterocycles. The zero-order valence-electron chi connectivity index (χ0n) is 14.6. The lowest BCUT2D eigenvalue weighted by molar-refractivity contribution is 0.0369. The molecule has 0 aromatic rings. The molecule has 19 heavy (non-hydrogen) atoms. The molecule has 0 aromatic carbocycles. The fourth-order valence-electron chi connectivity index (χ4n) is 3.76. The van der Waals surface area contributed by atoms with E-state index in [1.165, 1.54) is 32.4 Å². The molecule has 0 radical (unpaired) electrons. The van der Waals surface area contributed by atoms with Gasteiger partial charge in [0.05, 0.1) is 0 Å². The second-order valence-corrected chi connectivity index (χ2v) is 8.67. The minimum atomic E-state index is 0.300. The second-order valence-electron chi connectivity index (χ2n) is 8.67. The van der Waals surface area contributed by atoms with E-state index in [4.69, 9.17) is 0 Å². The van der Waals surface area contributed by atoms with Crippen LogP contribution in [0.5, 0.6) is 0 Å². The highest BCUT2D eigenvalue weighted by Gasteiger charge is 2.44. The molecule has 1 aliphatic heterocycles. The van der Waals surface area contributed by atoms with Crippen molar-refractivity contribution in [1.82, 2.24) is 9.80 Å². The summed E-state index contributed by atoms with van der Waals surface area (Å²) in [4.78, 5) is 5.07. The zero-order chi connectivity index (χ0) is 14.8. The Morgan fingerprint density at radius 3 is 2.05 bits per heavy atom. The van der Waals surface area contributed by atoms with Crippen LogP contribution in [0.2, 0.25) is 0 Å². The Balaban J connectivity index is 2.72. The SMILES string of the molecule is CN(C)CCC[C@@H]1CCN(C(C)(C)C)[C@@H]1C(C)(C)C. The van der Waals surface area contributed by atoms with Crippen LogP contribution >= 0.6 is 0 Å². The summed E-state index contributed by atoms with van der Waals surface area (Å²) in [6.45, 7) is 16.9. The molecule has 2 nitrogen and oxygen atoms in total. The first-order valence-electron chi connectivity index (χ1n) is 7.95. The molecule has 1 aliphatic rings. The Bertz CT molecular complexity index is 270. The molecular formula is C17H36N2. The van der Waals surface area contributed by atoms with E-state index >= 15 is 0 Å². The minimum absolute atomic E-state index is 0.300. The van der Waals surface area contributed by atoms with Crippen molar-refractivity contribution < 1.29 is 0 Å². The van der Waals surface area contributed by atoms with E-state index in [0.29, 0.717) is 11.0 Å². The molecule has 0 amide bonds. The van der Waals surface area contributed by atoms with Gasteiger partial charge in [-0.1, -0.05) is 20.8 Å². The predicted molar refractivity (Wildman–Crippen MR) is 85.6 cm³/mol. The van der Waals surface area contributed by atoms with Crippen molar-refractivity contribution in [2.75, 3.05) is 27.2 Å². The number of hydrogen-bond donors (Lipinski definition) is 0. The van der Waals surface area contributed by atoms with Crippen molar-refractivity contribution in [1.29, 1.82) is 0 Å². The van der Waals surface area contributed by atoms with E-state index in [2.05, 4.69) is 65.4 Å². The summed E-state index contributed by atoms with van der Waals surface area (Å²) in [6, 6.07) is 0.731. The maximum absolute atomic E-state index is 2.76. The van der Waals surface area contributed by atoms with E-state index in [-0.39, 0.29) is 0 Å². The highest BCUT2D eigenvalue weighted by molar-refractivity contribution is 4.98. The van der Waals surface area contributed by atoms with Crippen LogP contribution in [0.4, 0.5) is 0 Å². The van der Waals surface area contributed by atoms with E-state index in [0.717, 1.165) is 12.0 Å². The summed E-state index contributed by atoms with van der Waals surface area (Å²) in [5, 5.41) is 0. The average Bonchev–Trinajstić information content (AvgIpc) is 2.59. The third-order valence-corrected chi connectivity index (χ3v) is 4.45. The summed E-state index contributed by atoms with van der Waals surface area (Å²) in [7, 11) is 4.36. The van der Waals surface area contributed by atoms with Gasteiger partial charge in [0.2, 0.25) is 0 Å². The molecule has 0 aromatic heterocycles. The Labute approximate surface area is 121 Å². The first-order chi connectivity index (χ1) is 8.53. The van der Waals surface area contributed by atoms with Crippen molar-refractivity contribution >= 4 is 0 Å². The number of nitrogens with zero attached hydrogens (tertiary/aromatic N) is 2. The summed E-state index contributed by atoms with van der Waals surface area (Å²) < 4.78 is 0. The molecule has 114 valence electrons. The molecule has 1 heterocycles. The molecule has 2 heteroatoms. The first kappa shape index (κ1) is 17.0. The quantitative estimate of drug-likeness (QED) is 0.764. The predicted octanol–water partition coefficient (Wildman–Crippen LogP) is 3.86. The molecule has 2 atom stereocenters. The van der Waals surface area contributed by atoms with Crippen molar-refractivity contribution in [2.24, 2.45) is 11.3 Å². The van der Waals surface area contributed by atoms with Crippen molar-refractivity contribution in [3.63, 3.8) is 0 Å². The van der Waals surface area contributed by atoms with Crippen molar-refractivity contribution in [3.05, 3.63) is 0 Å². The summed E-state index contributed by atoms with van der Waals surface area (Å²) in [5.74, 6) is 0.874. The number of rotatable bonds is 4. The average molecular weight is 268 g/mol. The van der Waals surface area contributed by atoms with Crippen molar-refractivity contribution in [3.8, 4) is 0 Å². The van der Waals surface area contributed by atoms with Crippen LogP contribution in [0, 0.1) is 11.3 Å². The van der Waals surface area contributed by atoms with Crippen molar-refractivity contribution in [2.45, 2.75) is 72.4 Å². The Morgan fingerprint density at radius 2 is 1.63 bits per heavy atom. The molecule has 0 aliphatic carbocycles. The summed E-state index contributed by atoms with van der Waals surface area (Å²) >= 11 is 0. The standard InChI is InChI=1S/C17H36N2/c1-16(2,3)15-14(10-9-12-18(7)8)11-13-19(15)17(4,5)6/h14-15H,9-13H2,1-8H3/t14-,15+/m1/s1. The van der Waals surface area contributed by atoms with Crippen LogP contribution in [-0.2, 0) is 0 Å². The highest BCUT2D eigenvalue weighted by atomic mass is 15.2. The number of likely N-dealkylation sites (tertiary alicyclic amines) is 1. The molecule has 0 saturated carbocycles. The topological polar surface area (TPSA) is 6.48 Å². The van der Waals surface area contributed by atoms with E-state index in [1.807, 2.05) is 0 Å². The Morgan fingerprint density at radius 1 is 1.05 bits per heavy atom. The van der Waals surface area contributed by atoms with Gasteiger partial charge in [0.25, 0.3) is 0 Å². The van der Waals surface area contributed by atoms with Crippen LogP contribution in [0.3, 0.4) is 0 Å². The third-order valence-electron chi connectivity index (χ3n) is 4.45. The van der Waals surface area contributed by atoms with Gasteiger partial charge in [0, 0.05) is 11.6 Å². The molecule has 0 unspecified atom stereocenters. The number of hydrogen-bond acceptors (Lipinski definition) is 2. The van der Waals surface area contributed by atoms with E-state index < -0.39 is 0 Å². The highest BCUT2D eigenvalue weighted by Crippen LogP contribution is 2.42. The molecule has 0 spiro atoms. The summed E-state index contributed by atoms with van der Waals surface area (Å²) in [6.07, 6.45) is 4.10. The monoisotopic (exact) mass is 268 g/mol. The Hall–Kier alpha value is -0.0800. The van der Waals surface area contributed by atoms with Gasteiger partial charge >= 0.3 is 0 Å². The van der Waals surface area contributed by atoms with Gasteiger partial charge in [-0.2, -0.15) is 0 Å². The molecule has 1 fully saturated rings. The van der Waals surface area contributed by atoms with Crippen LogP contribution in [0.1, 0.15) is 60.8 Å². The van der Waals surface area contributed by atoms with Gasteiger partial charge in [-0.25, -0.2) is 0 Å². The largest absolute Gasteiger partial charge is 0.309 e. The lowest BCUT2D eigenvalue weighted by atomic mass is 9.77. The Kier molecular flexibility index (Phi) is 5.48. The van der Waals surface area contributed by atoms with Crippen LogP contribution < -0.4 is 0 Å². The van der Waals surface area contributed by atoms with Gasteiger partial charge in [-0.15, -0.1) is 0 Å². The van der Waals surface area contributed by atoms with Crippen LogP contribution in [0.15, 0.2) is 0 Å². The maximum atomic E-state index is 2.76. The van der Waals surface area contributed by atoms with E-state index in [1.54, 1.807) is 0 Å². The summed E-state index contributed by atoms with van der Waals surface area (Å²) in [5.41, 5.74) is 0.681. The second kappa shape index (κ2) is 6.13. The van der Waals surface area contributed by atoms with Gasteiger partial charge in [-0.3, -0.25) is 4.90 Å². The first-order valence-corrected chi connectivity index (χ1v) is 7.95. The lowest BCUT2D eigenvalue weighted by Gasteiger charge is -2.45. The molecule has 0 N–H and O–H groups in total. The van der Waals surface area contributed by atoms with Gasteiger partial charge in [-0.05, 0) is 78.6 Å². The lowest BCUT2D eigenvalue weighted by Crippen LogP contribution is -2.51. The fourth-order valence-corrected chi connectivity index (χ4v) is 3.76. The normalized spacial score (nSPS) is 26.4. The van der Waals surface area contributed by atoms with Gasteiger partial charge in [0.1, 0.15) is 0 Å². The zero-order valence-corrected chi connectivity index (χ0v) is 14.6. The van der Waals surface area contributed by atoms with E-state index in [9.17, 15) is 0 Å². The fraction of sp³-hybridized carbons (Fsp3) is 1.00. The minimum Gasteiger partial charge on any atom is -0.309 e. The molecule has 1 rings (SSSR count). The molecule has 0 bridgehead atoms. The van der Waals surface area contributed by atoms with Crippen LogP contribution in [-0.4, -0.2) is 48.6 Å². The van der Waals surface area contributed by atoms with Crippen LogP contribution in [0.25, 0.3) is 0 Å². The van der Waals surface area contributed by atoms with Gasteiger partial charge < -0.3 is 4.90 Å². The smallest absolute Gasteiger partial charge is 0.0178 e. The third kappa shape index (κ3) is 4.75. The molecular weight excluding hydrogens is 232 g/mol. The maximum Gasteiger partial charge on any atom is 0.0178 e. The van der Waals surface area contributed by atoms with Gasteiger partial charge in [0.15, 0.2) is 0 Å².